The monoisotopic (exact) mass is 840 g/mol. The first kappa shape index (κ1) is 41.2. The van der Waals surface area contributed by atoms with E-state index in [1.165, 1.54) is 11.1 Å². The van der Waals surface area contributed by atoms with Gasteiger partial charge < -0.3 is 15.8 Å². The summed E-state index contributed by atoms with van der Waals surface area (Å²) in [6.45, 7) is 8.21. The molecule has 1 fully saturated rings. The first-order valence-electron chi connectivity index (χ1n) is 18.3. The molecule has 1 saturated carbocycles. The highest BCUT2D eigenvalue weighted by atomic mass is 35.5. The molecule has 7 rings (SSSR count). The van der Waals surface area contributed by atoms with Gasteiger partial charge in [0.15, 0.2) is 0 Å². The number of hydrogen-bond acceptors (Lipinski definition) is 11. The minimum Gasteiger partial charge on any atom is -0.361 e. The number of amides is 4. The molecule has 2 aromatic carbocycles. The van der Waals surface area contributed by atoms with Gasteiger partial charge >= 0.3 is 12.1 Å². The highest BCUT2D eigenvalue weighted by Crippen LogP contribution is 2.35. The van der Waals surface area contributed by atoms with E-state index in [1.54, 1.807) is 46.3 Å². The molecule has 56 heavy (non-hydrogen) atoms. The molecule has 3 aliphatic rings. The quantitative estimate of drug-likeness (QED) is 0.0835. The summed E-state index contributed by atoms with van der Waals surface area (Å²) in [6.07, 6.45) is 8.16. The minimum atomic E-state index is -3.53. The molecule has 0 bridgehead atoms. The molecule has 0 saturated heterocycles. The maximum atomic E-state index is 13.6. The van der Waals surface area contributed by atoms with Gasteiger partial charge in [-0.05, 0) is 56.0 Å². The zero-order chi connectivity index (χ0) is 40.2. The van der Waals surface area contributed by atoms with Crippen LogP contribution in [0.1, 0.15) is 36.8 Å². The Morgan fingerprint density at radius 2 is 1.50 bits per heavy atom. The van der Waals surface area contributed by atoms with E-state index in [4.69, 9.17) is 38.7 Å². The van der Waals surface area contributed by atoms with Crippen molar-refractivity contribution in [2.45, 2.75) is 81.7 Å². The molecule has 298 valence electrons. The van der Waals surface area contributed by atoms with Crippen molar-refractivity contribution in [3.63, 3.8) is 0 Å². The van der Waals surface area contributed by atoms with Gasteiger partial charge in [0.2, 0.25) is 20.9 Å². The van der Waals surface area contributed by atoms with Gasteiger partial charge in [-0.3, -0.25) is 20.0 Å². The third-order valence-electron chi connectivity index (χ3n) is 9.47. The lowest BCUT2D eigenvalue weighted by Gasteiger charge is -2.36. The smallest absolute Gasteiger partial charge is 0.332 e. The molecular weight excluding hydrogens is 796 g/mol. The molecule has 4 heterocycles. The highest BCUT2D eigenvalue weighted by molar-refractivity contribution is 7.90. The summed E-state index contributed by atoms with van der Waals surface area (Å²) < 4.78 is 28.9. The Balaban J connectivity index is 0.000000208. The van der Waals surface area contributed by atoms with Gasteiger partial charge in [-0.1, -0.05) is 67.1 Å². The number of rotatable bonds is 10. The number of nitrogens with zero attached hydrogens (tertiary/aromatic N) is 7. The van der Waals surface area contributed by atoms with E-state index in [2.05, 4.69) is 45.2 Å². The van der Waals surface area contributed by atoms with Crippen LogP contribution < -0.4 is 31.1 Å². The lowest BCUT2D eigenvalue weighted by atomic mass is 9.92. The number of anilines is 5. The number of nitrogens with one attached hydrogen (secondary N) is 2. The fourth-order valence-electron chi connectivity index (χ4n) is 6.31. The topological polar surface area (TPSA) is 189 Å². The summed E-state index contributed by atoms with van der Waals surface area (Å²) in [5.41, 5.74) is 8.71. The van der Waals surface area contributed by atoms with Gasteiger partial charge in [0, 0.05) is 56.5 Å². The van der Waals surface area contributed by atoms with E-state index in [9.17, 15) is 18.0 Å². The molecule has 0 spiro atoms. The van der Waals surface area contributed by atoms with Crippen molar-refractivity contribution in [2.24, 2.45) is 5.73 Å². The second-order valence-corrected chi connectivity index (χ2v) is 23.5. The lowest BCUT2D eigenvalue weighted by molar-refractivity contribution is 0.147. The molecule has 4 N–H and O–H groups in total. The van der Waals surface area contributed by atoms with Gasteiger partial charge in [-0.2, -0.15) is 4.98 Å². The number of ether oxygens (including phenoxy) is 1. The summed E-state index contributed by atoms with van der Waals surface area (Å²) in [5.74, 6) is 1.32. The molecule has 2 aromatic heterocycles. The van der Waals surface area contributed by atoms with E-state index in [1.807, 2.05) is 18.2 Å². The van der Waals surface area contributed by atoms with Crippen LogP contribution in [0, 0.1) is 0 Å². The van der Waals surface area contributed by atoms with Crippen molar-refractivity contribution in [1.29, 1.82) is 0 Å². The van der Waals surface area contributed by atoms with Crippen LogP contribution in [0.15, 0.2) is 66.1 Å². The Labute approximate surface area is 337 Å². The summed E-state index contributed by atoms with van der Waals surface area (Å²) >= 11 is 12.5. The minimum absolute atomic E-state index is 0.131. The SMILES string of the molecule is CS(=O)(=O)c1ncc2c(n1)NC(=O)N(c1ccccc1Cl)C2.C[Si](C)(C)CCOCN1C(=O)N(c2ccccc2Cl)Cc2cnc(NC3CCC(N)CC3)nc21. The number of nitrogens with two attached hydrogens (primary N) is 1. The Bertz CT molecular complexity index is 2190. The van der Waals surface area contributed by atoms with E-state index in [-0.39, 0.29) is 36.3 Å². The van der Waals surface area contributed by atoms with Crippen molar-refractivity contribution < 1.29 is 22.7 Å². The van der Waals surface area contributed by atoms with Crippen LogP contribution in [0.2, 0.25) is 35.7 Å². The van der Waals surface area contributed by atoms with Crippen molar-refractivity contribution in [3.8, 4) is 0 Å². The van der Waals surface area contributed by atoms with E-state index >= 15 is 0 Å². The van der Waals surface area contributed by atoms with Crippen LogP contribution in [-0.2, 0) is 27.7 Å². The molecule has 0 atom stereocenters. The number of aromatic nitrogens is 4. The van der Waals surface area contributed by atoms with Crippen molar-refractivity contribution in [1.82, 2.24) is 19.9 Å². The van der Waals surface area contributed by atoms with Crippen LogP contribution >= 0.6 is 23.2 Å². The van der Waals surface area contributed by atoms with Gasteiger partial charge in [0.25, 0.3) is 0 Å². The number of carbonyl (C=O) groups is 2. The Hall–Kier alpha value is -4.39. The molecule has 0 radical (unpaired) electrons. The largest absolute Gasteiger partial charge is 0.361 e. The normalized spacial score (nSPS) is 18.4. The van der Waals surface area contributed by atoms with Crippen molar-refractivity contribution in [3.05, 3.63) is 82.1 Å². The van der Waals surface area contributed by atoms with E-state index in [0.717, 1.165) is 43.5 Å². The fraction of sp³-hybridized carbons (Fsp3) is 0.405. The van der Waals surface area contributed by atoms with Gasteiger partial charge in [0.1, 0.15) is 18.4 Å². The summed E-state index contributed by atoms with van der Waals surface area (Å²) in [4.78, 5) is 47.5. The molecule has 4 aromatic rings. The van der Waals surface area contributed by atoms with E-state index in [0.29, 0.717) is 57.9 Å². The zero-order valence-electron chi connectivity index (χ0n) is 31.7. The summed E-state index contributed by atoms with van der Waals surface area (Å²) in [5, 5.41) is 6.64. The average molecular weight is 842 g/mol. The maximum Gasteiger partial charge on any atom is 0.332 e. The molecule has 4 amide bonds. The standard InChI is InChI=1S/C24H35ClN6O2Si.C13H11ClN4O3S/c1-34(2,3)13-12-33-16-31-22-17(15-30(24(31)32)21-7-5-4-6-20(21)25)14-27-23(29-22)28-19-10-8-18(26)9-11-19;1-22(20,21)12-15-6-8-7-18(13(19)17-11(8)16-12)10-5-3-2-4-9(10)14/h4-7,14,18-19H,8-13,15-16,26H2,1-3H3,(H,27,28,29);2-6H,7H2,1H3,(H,15,16,17,19). The Morgan fingerprint density at radius 3 is 2.12 bits per heavy atom. The van der Waals surface area contributed by atoms with E-state index < -0.39 is 23.9 Å². The highest BCUT2D eigenvalue weighted by Gasteiger charge is 2.35. The third-order valence-corrected chi connectivity index (χ3v) is 12.7. The molecule has 0 unspecified atom stereocenters. The predicted molar refractivity (Wildman–Crippen MR) is 222 cm³/mol. The summed E-state index contributed by atoms with van der Waals surface area (Å²) in [6, 6.07) is 15.3. The molecule has 15 nitrogen and oxygen atoms in total. The average Bonchev–Trinajstić information content (AvgIpc) is 3.14. The molecular formula is C37H46Cl2N10O5SSi. The van der Waals surface area contributed by atoms with Crippen molar-refractivity contribution in [2.75, 3.05) is 44.9 Å². The summed E-state index contributed by atoms with van der Waals surface area (Å²) in [7, 11) is -4.78. The van der Waals surface area contributed by atoms with Gasteiger partial charge in [-0.25, -0.2) is 33.0 Å². The van der Waals surface area contributed by atoms with Gasteiger partial charge in [0.05, 0.1) is 34.5 Å². The number of fused-ring (bicyclic) bond motifs is 2. The van der Waals surface area contributed by atoms with Crippen LogP contribution in [0.25, 0.3) is 0 Å². The Morgan fingerprint density at radius 1 is 0.893 bits per heavy atom. The number of halogens is 2. The number of benzene rings is 2. The number of para-hydroxylation sites is 2. The third kappa shape index (κ3) is 10.1. The molecule has 1 aliphatic carbocycles. The Kier molecular flexibility index (Phi) is 12.8. The maximum absolute atomic E-state index is 13.6. The second-order valence-electron chi connectivity index (χ2n) is 15.2. The number of urea groups is 2. The van der Waals surface area contributed by atoms with Crippen LogP contribution in [-0.4, -0.2) is 80.2 Å². The van der Waals surface area contributed by atoms with Crippen LogP contribution in [0.5, 0.6) is 0 Å². The fourth-order valence-corrected chi connectivity index (χ4v) is 8.05. The first-order chi connectivity index (χ1) is 26.6. The lowest BCUT2D eigenvalue weighted by Crippen LogP contribution is -2.49. The van der Waals surface area contributed by atoms with Gasteiger partial charge in [-0.15, -0.1) is 0 Å². The molecule has 19 heteroatoms. The number of sulfone groups is 1. The first-order valence-corrected chi connectivity index (χ1v) is 24.6. The van der Waals surface area contributed by atoms with Crippen LogP contribution in [0.4, 0.5) is 38.5 Å². The van der Waals surface area contributed by atoms with Crippen molar-refractivity contribution >= 4 is 82.1 Å². The number of hydrogen-bond donors (Lipinski definition) is 3. The molecule has 2 aliphatic heterocycles. The zero-order valence-corrected chi connectivity index (χ0v) is 35.0. The predicted octanol–water partition coefficient (Wildman–Crippen LogP) is 7.16. The number of carbonyl (C=O) groups excluding carboxylic acids is 2. The second kappa shape index (κ2) is 17.4. The van der Waals surface area contributed by atoms with Crippen LogP contribution in [0.3, 0.4) is 0 Å².